The number of nitrogens with zero attached hydrogens (tertiary/aromatic N) is 1. The van der Waals surface area contributed by atoms with Gasteiger partial charge in [-0.2, -0.15) is 0 Å². The SMILES string of the molecule is CC(C)(N)C(C)(C)C(=O)N1CCCC1c1cccs1. The Bertz CT molecular complexity index is 445. The molecular weight excluding hydrogens is 256 g/mol. The molecule has 0 bridgehead atoms. The van der Waals surface area contributed by atoms with Gasteiger partial charge in [-0.25, -0.2) is 0 Å². The summed E-state index contributed by atoms with van der Waals surface area (Å²) in [4.78, 5) is 16.2. The van der Waals surface area contributed by atoms with Crippen LogP contribution >= 0.6 is 11.3 Å². The number of nitrogens with two attached hydrogens (primary N) is 1. The molecule has 1 unspecified atom stereocenters. The monoisotopic (exact) mass is 280 g/mol. The van der Waals surface area contributed by atoms with Crippen molar-refractivity contribution >= 4 is 17.2 Å². The highest BCUT2D eigenvalue weighted by molar-refractivity contribution is 7.10. The maximum atomic E-state index is 12.9. The van der Waals surface area contributed by atoms with Crippen LogP contribution in [-0.4, -0.2) is 22.9 Å². The van der Waals surface area contributed by atoms with Gasteiger partial charge in [0.2, 0.25) is 5.91 Å². The number of thiophene rings is 1. The third-order valence-electron chi connectivity index (χ3n) is 4.53. The zero-order valence-corrected chi connectivity index (χ0v) is 13.1. The Morgan fingerprint density at radius 2 is 2.11 bits per heavy atom. The van der Waals surface area contributed by atoms with Gasteiger partial charge in [0.25, 0.3) is 0 Å². The minimum absolute atomic E-state index is 0.177. The first kappa shape index (κ1) is 14.5. The van der Waals surface area contributed by atoms with Gasteiger partial charge in [-0.1, -0.05) is 6.07 Å². The number of carbonyl (C=O) groups is 1. The van der Waals surface area contributed by atoms with Crippen LogP contribution in [0.4, 0.5) is 0 Å². The molecule has 2 rings (SSSR count). The van der Waals surface area contributed by atoms with E-state index in [1.807, 2.05) is 32.6 Å². The van der Waals surface area contributed by atoms with Crippen LogP contribution in [0, 0.1) is 5.41 Å². The fourth-order valence-corrected chi connectivity index (χ4v) is 3.29. The molecule has 1 fully saturated rings. The van der Waals surface area contributed by atoms with Crippen molar-refractivity contribution in [2.24, 2.45) is 11.1 Å². The molecule has 3 nitrogen and oxygen atoms in total. The van der Waals surface area contributed by atoms with Crippen molar-refractivity contribution < 1.29 is 4.79 Å². The standard InChI is InChI=1S/C15H24N2OS/c1-14(2,15(3,4)16)13(18)17-9-5-7-11(17)12-8-6-10-19-12/h6,8,10-11H,5,7,9,16H2,1-4H3. The fraction of sp³-hybridized carbons (Fsp3) is 0.667. The number of amides is 1. The Kier molecular flexibility index (Phi) is 3.76. The quantitative estimate of drug-likeness (QED) is 0.924. The van der Waals surface area contributed by atoms with E-state index in [4.69, 9.17) is 5.73 Å². The van der Waals surface area contributed by atoms with Gasteiger partial charge in [0.15, 0.2) is 0 Å². The molecule has 0 saturated carbocycles. The number of likely N-dealkylation sites (tertiary alicyclic amines) is 1. The third-order valence-corrected chi connectivity index (χ3v) is 5.50. The van der Waals surface area contributed by atoms with Crippen LogP contribution in [0.5, 0.6) is 0 Å². The average molecular weight is 280 g/mol. The summed E-state index contributed by atoms with van der Waals surface area (Å²) in [5.41, 5.74) is 5.13. The molecule has 0 radical (unpaired) electrons. The van der Waals surface area contributed by atoms with E-state index in [1.54, 1.807) is 11.3 Å². The minimum Gasteiger partial charge on any atom is -0.334 e. The second-order valence-electron chi connectivity index (χ2n) is 6.52. The predicted molar refractivity (Wildman–Crippen MR) is 80.1 cm³/mol. The molecule has 0 aromatic carbocycles. The molecule has 4 heteroatoms. The first-order valence-electron chi connectivity index (χ1n) is 6.88. The van der Waals surface area contributed by atoms with Gasteiger partial charge < -0.3 is 10.6 Å². The Morgan fingerprint density at radius 3 is 2.63 bits per heavy atom. The highest BCUT2D eigenvalue weighted by Crippen LogP contribution is 2.39. The molecule has 106 valence electrons. The molecule has 19 heavy (non-hydrogen) atoms. The van der Waals surface area contributed by atoms with E-state index in [0.29, 0.717) is 0 Å². The van der Waals surface area contributed by atoms with E-state index in [1.165, 1.54) is 4.88 Å². The van der Waals surface area contributed by atoms with Crippen molar-refractivity contribution in [1.82, 2.24) is 4.90 Å². The lowest BCUT2D eigenvalue weighted by Crippen LogP contribution is -2.56. The number of carbonyl (C=O) groups excluding carboxylic acids is 1. The number of rotatable bonds is 3. The lowest BCUT2D eigenvalue weighted by atomic mass is 9.74. The van der Waals surface area contributed by atoms with Gasteiger partial charge in [0.05, 0.1) is 11.5 Å². The summed E-state index contributed by atoms with van der Waals surface area (Å²) in [7, 11) is 0. The van der Waals surface area contributed by atoms with Gasteiger partial charge in [0.1, 0.15) is 0 Å². The predicted octanol–water partition coefficient (Wildman–Crippen LogP) is 3.18. The zero-order chi connectivity index (χ0) is 14.3. The van der Waals surface area contributed by atoms with Crippen LogP contribution in [0.2, 0.25) is 0 Å². The molecule has 1 aliphatic heterocycles. The Hall–Kier alpha value is -0.870. The van der Waals surface area contributed by atoms with Crippen molar-refractivity contribution in [2.75, 3.05) is 6.54 Å². The van der Waals surface area contributed by atoms with E-state index < -0.39 is 11.0 Å². The van der Waals surface area contributed by atoms with Gasteiger partial charge >= 0.3 is 0 Å². The molecular formula is C15H24N2OS. The van der Waals surface area contributed by atoms with Crippen molar-refractivity contribution in [1.29, 1.82) is 0 Å². The van der Waals surface area contributed by atoms with Crippen LogP contribution in [0.15, 0.2) is 17.5 Å². The second kappa shape index (κ2) is 4.91. The Labute approximate surface area is 119 Å². The molecule has 1 saturated heterocycles. The van der Waals surface area contributed by atoms with Crippen LogP contribution in [-0.2, 0) is 4.79 Å². The smallest absolute Gasteiger partial charge is 0.230 e. The van der Waals surface area contributed by atoms with Gasteiger partial charge in [-0.15, -0.1) is 11.3 Å². The first-order chi connectivity index (χ1) is 8.75. The van der Waals surface area contributed by atoms with Crippen LogP contribution < -0.4 is 5.73 Å². The molecule has 1 aliphatic rings. The molecule has 1 aromatic heterocycles. The first-order valence-corrected chi connectivity index (χ1v) is 7.76. The molecule has 2 N–H and O–H groups in total. The zero-order valence-electron chi connectivity index (χ0n) is 12.3. The number of hydrogen-bond acceptors (Lipinski definition) is 3. The molecule has 0 spiro atoms. The largest absolute Gasteiger partial charge is 0.334 e. The van der Waals surface area contributed by atoms with E-state index >= 15 is 0 Å². The molecule has 2 heterocycles. The van der Waals surface area contributed by atoms with Crippen LogP contribution in [0.1, 0.15) is 51.5 Å². The lowest BCUT2D eigenvalue weighted by Gasteiger charge is -2.41. The highest BCUT2D eigenvalue weighted by atomic mass is 32.1. The second-order valence-corrected chi connectivity index (χ2v) is 7.50. The highest BCUT2D eigenvalue weighted by Gasteiger charge is 2.45. The maximum Gasteiger partial charge on any atom is 0.230 e. The van der Waals surface area contributed by atoms with Crippen molar-refractivity contribution in [3.63, 3.8) is 0 Å². The average Bonchev–Trinajstić information content (AvgIpc) is 2.96. The minimum atomic E-state index is -0.549. The third kappa shape index (κ3) is 2.56. The summed E-state index contributed by atoms with van der Waals surface area (Å²) < 4.78 is 0. The summed E-state index contributed by atoms with van der Waals surface area (Å²) >= 11 is 1.73. The molecule has 1 amide bonds. The summed E-state index contributed by atoms with van der Waals surface area (Å²) in [6, 6.07) is 4.43. The number of hydrogen-bond donors (Lipinski definition) is 1. The van der Waals surface area contributed by atoms with E-state index in [2.05, 4.69) is 17.5 Å². The maximum absolute atomic E-state index is 12.9. The van der Waals surface area contributed by atoms with Crippen molar-refractivity contribution in [3.8, 4) is 0 Å². The van der Waals surface area contributed by atoms with E-state index in [-0.39, 0.29) is 11.9 Å². The van der Waals surface area contributed by atoms with Gasteiger partial charge in [-0.3, -0.25) is 4.79 Å². The summed E-state index contributed by atoms with van der Waals surface area (Å²) in [6.45, 7) is 8.63. The van der Waals surface area contributed by atoms with Crippen LogP contribution in [0.25, 0.3) is 0 Å². The van der Waals surface area contributed by atoms with Crippen LogP contribution in [0.3, 0.4) is 0 Å². The van der Waals surface area contributed by atoms with E-state index in [0.717, 1.165) is 19.4 Å². The van der Waals surface area contributed by atoms with Gasteiger partial charge in [0, 0.05) is 17.0 Å². The fourth-order valence-electron chi connectivity index (χ4n) is 2.42. The van der Waals surface area contributed by atoms with Crippen molar-refractivity contribution in [3.05, 3.63) is 22.4 Å². The summed E-state index contributed by atoms with van der Waals surface area (Å²) in [5, 5.41) is 2.08. The summed E-state index contributed by atoms with van der Waals surface area (Å²) in [6.07, 6.45) is 2.14. The molecule has 0 aliphatic carbocycles. The molecule has 1 aromatic rings. The van der Waals surface area contributed by atoms with Gasteiger partial charge in [-0.05, 0) is 52.0 Å². The topological polar surface area (TPSA) is 46.3 Å². The Morgan fingerprint density at radius 1 is 1.42 bits per heavy atom. The normalized spacial score (nSPS) is 20.9. The summed E-state index contributed by atoms with van der Waals surface area (Å²) in [5.74, 6) is 0.177. The Balaban J connectivity index is 2.24. The molecule has 1 atom stereocenters. The van der Waals surface area contributed by atoms with E-state index in [9.17, 15) is 4.79 Å². The van der Waals surface area contributed by atoms with Crippen molar-refractivity contribution in [2.45, 2.75) is 52.1 Å². The lowest BCUT2D eigenvalue weighted by molar-refractivity contribution is -0.144.